The van der Waals surface area contributed by atoms with Gasteiger partial charge in [-0.2, -0.15) is 0 Å². The summed E-state index contributed by atoms with van der Waals surface area (Å²) in [6, 6.07) is 12.0. The Morgan fingerprint density at radius 3 is 2.71 bits per heavy atom. The average molecular weight is 367 g/mol. The molecule has 3 rings (SSSR count). The van der Waals surface area contributed by atoms with Crippen molar-refractivity contribution in [3.05, 3.63) is 51.7 Å². The fourth-order valence-electron chi connectivity index (χ4n) is 2.90. The molecule has 1 aliphatic heterocycles. The van der Waals surface area contributed by atoms with E-state index in [0.29, 0.717) is 19.8 Å². The lowest BCUT2D eigenvalue weighted by molar-refractivity contribution is 0.00991. The van der Waals surface area contributed by atoms with Gasteiger partial charge < -0.3 is 14.7 Å². The van der Waals surface area contributed by atoms with Gasteiger partial charge in [0.05, 0.1) is 19.3 Å². The minimum atomic E-state index is -0.442. The van der Waals surface area contributed by atoms with Crippen molar-refractivity contribution in [3.63, 3.8) is 0 Å². The van der Waals surface area contributed by atoms with E-state index in [-0.39, 0.29) is 0 Å². The van der Waals surface area contributed by atoms with Crippen molar-refractivity contribution >= 4 is 28.6 Å². The topological polar surface area (TPSA) is 35.9 Å². The fourth-order valence-corrected chi connectivity index (χ4v) is 3.73. The van der Waals surface area contributed by atoms with E-state index in [4.69, 9.17) is 16.3 Å². The van der Waals surface area contributed by atoms with Gasteiger partial charge in [-0.3, -0.25) is 4.90 Å². The molecule has 1 aromatic carbocycles. The van der Waals surface area contributed by atoms with Crippen LogP contribution in [0.25, 0.3) is 0 Å². The third-order valence-electron chi connectivity index (χ3n) is 4.15. The summed E-state index contributed by atoms with van der Waals surface area (Å²) in [5, 5.41) is 13.0. The first-order valence-corrected chi connectivity index (χ1v) is 9.47. The molecule has 6 heteroatoms. The zero-order chi connectivity index (χ0) is 16.8. The van der Waals surface area contributed by atoms with Gasteiger partial charge in [0.15, 0.2) is 0 Å². The van der Waals surface area contributed by atoms with Crippen molar-refractivity contribution in [2.75, 3.05) is 44.2 Å². The number of aliphatic hydroxyl groups excluding tert-OH is 1. The second kappa shape index (κ2) is 8.83. The zero-order valence-electron chi connectivity index (χ0n) is 13.6. The highest BCUT2D eigenvalue weighted by Crippen LogP contribution is 2.20. The van der Waals surface area contributed by atoms with Gasteiger partial charge in [-0.1, -0.05) is 23.7 Å². The van der Waals surface area contributed by atoms with Crippen LogP contribution in [0.3, 0.4) is 0 Å². The standard InChI is InChI=1S/C18H23ClN2O2S/c19-15-3-1-4-16(11-15)21-8-6-20(7-9-21)12-17(22)13-23-14-18-5-2-10-24-18/h1-5,10-11,17,22H,6-9,12-14H2/t17-/m0/s1. The normalized spacial score (nSPS) is 17.2. The van der Waals surface area contributed by atoms with Crippen molar-refractivity contribution in [2.24, 2.45) is 0 Å². The van der Waals surface area contributed by atoms with E-state index in [0.717, 1.165) is 31.2 Å². The van der Waals surface area contributed by atoms with Crippen LogP contribution in [-0.2, 0) is 11.3 Å². The Hall–Kier alpha value is -1.11. The number of halogens is 1. The molecule has 2 aromatic rings. The molecule has 2 heterocycles. The smallest absolute Gasteiger partial charge is 0.0900 e. The molecule has 1 aliphatic rings. The Bertz CT molecular complexity index is 615. The van der Waals surface area contributed by atoms with Crippen LogP contribution >= 0.6 is 22.9 Å². The number of hydrogen-bond donors (Lipinski definition) is 1. The van der Waals surface area contributed by atoms with Gasteiger partial charge in [-0.05, 0) is 29.6 Å². The summed E-state index contributed by atoms with van der Waals surface area (Å²) in [6.45, 7) is 5.40. The Kier molecular flexibility index (Phi) is 6.51. The number of ether oxygens (including phenoxy) is 1. The molecule has 0 bridgehead atoms. The van der Waals surface area contributed by atoms with Crippen molar-refractivity contribution in [2.45, 2.75) is 12.7 Å². The lowest BCUT2D eigenvalue weighted by Gasteiger charge is -2.36. The predicted octanol–water partition coefficient (Wildman–Crippen LogP) is 3.10. The van der Waals surface area contributed by atoms with Crippen LogP contribution in [0.5, 0.6) is 0 Å². The maximum Gasteiger partial charge on any atom is 0.0900 e. The summed E-state index contributed by atoms with van der Waals surface area (Å²) in [7, 11) is 0. The predicted molar refractivity (Wildman–Crippen MR) is 100 cm³/mol. The van der Waals surface area contributed by atoms with Gasteiger partial charge in [0.2, 0.25) is 0 Å². The molecule has 130 valence electrons. The van der Waals surface area contributed by atoms with Crippen LogP contribution in [0.2, 0.25) is 5.02 Å². The molecule has 1 aromatic heterocycles. The molecule has 0 unspecified atom stereocenters. The Labute approximate surface area is 152 Å². The van der Waals surface area contributed by atoms with E-state index >= 15 is 0 Å². The van der Waals surface area contributed by atoms with Crippen LogP contribution in [-0.4, -0.2) is 55.4 Å². The third-order valence-corrected chi connectivity index (χ3v) is 5.23. The number of thiophene rings is 1. The summed E-state index contributed by atoms with van der Waals surface area (Å²) in [5.74, 6) is 0. The van der Waals surface area contributed by atoms with Gasteiger partial charge >= 0.3 is 0 Å². The minimum absolute atomic E-state index is 0.381. The van der Waals surface area contributed by atoms with Crippen molar-refractivity contribution in [3.8, 4) is 0 Å². The molecule has 0 radical (unpaired) electrons. The summed E-state index contributed by atoms with van der Waals surface area (Å²) >= 11 is 7.74. The molecule has 0 amide bonds. The quantitative estimate of drug-likeness (QED) is 0.816. The first kappa shape index (κ1) is 17.7. The maximum atomic E-state index is 10.2. The molecule has 0 aliphatic carbocycles. The number of hydrogen-bond acceptors (Lipinski definition) is 5. The number of benzene rings is 1. The second-order valence-corrected chi connectivity index (χ2v) is 7.48. The Morgan fingerprint density at radius 2 is 2.00 bits per heavy atom. The van der Waals surface area contributed by atoms with Crippen LogP contribution in [0.4, 0.5) is 5.69 Å². The van der Waals surface area contributed by atoms with E-state index in [2.05, 4.69) is 15.9 Å². The first-order chi connectivity index (χ1) is 11.7. The van der Waals surface area contributed by atoms with Gasteiger partial charge in [0, 0.05) is 48.3 Å². The Morgan fingerprint density at radius 1 is 1.17 bits per heavy atom. The highest BCUT2D eigenvalue weighted by molar-refractivity contribution is 7.09. The lowest BCUT2D eigenvalue weighted by atomic mass is 10.2. The van der Waals surface area contributed by atoms with Crippen molar-refractivity contribution in [1.29, 1.82) is 0 Å². The summed E-state index contributed by atoms with van der Waals surface area (Å²) < 4.78 is 5.59. The molecular formula is C18H23ClN2O2S. The van der Waals surface area contributed by atoms with E-state index in [1.807, 2.05) is 35.7 Å². The molecule has 1 N–H and O–H groups in total. The minimum Gasteiger partial charge on any atom is -0.389 e. The molecule has 0 spiro atoms. The third kappa shape index (κ3) is 5.19. The van der Waals surface area contributed by atoms with Gasteiger partial charge in [-0.25, -0.2) is 0 Å². The van der Waals surface area contributed by atoms with Gasteiger partial charge in [0.1, 0.15) is 0 Å². The highest BCUT2D eigenvalue weighted by atomic mass is 35.5. The fraction of sp³-hybridized carbons (Fsp3) is 0.444. The number of aliphatic hydroxyl groups is 1. The van der Waals surface area contributed by atoms with Gasteiger partial charge in [-0.15, -0.1) is 11.3 Å². The van der Waals surface area contributed by atoms with E-state index < -0.39 is 6.10 Å². The molecule has 24 heavy (non-hydrogen) atoms. The van der Waals surface area contributed by atoms with Crippen molar-refractivity contribution in [1.82, 2.24) is 4.90 Å². The number of nitrogens with zero attached hydrogens (tertiary/aromatic N) is 2. The Balaban J connectivity index is 1.37. The summed E-state index contributed by atoms with van der Waals surface area (Å²) in [4.78, 5) is 5.82. The highest BCUT2D eigenvalue weighted by Gasteiger charge is 2.19. The molecule has 1 atom stereocenters. The largest absolute Gasteiger partial charge is 0.389 e. The van der Waals surface area contributed by atoms with E-state index in [1.54, 1.807) is 11.3 Å². The molecule has 1 saturated heterocycles. The van der Waals surface area contributed by atoms with Crippen molar-refractivity contribution < 1.29 is 9.84 Å². The van der Waals surface area contributed by atoms with Crippen LogP contribution in [0, 0.1) is 0 Å². The zero-order valence-corrected chi connectivity index (χ0v) is 15.2. The van der Waals surface area contributed by atoms with E-state index in [9.17, 15) is 5.11 Å². The molecule has 4 nitrogen and oxygen atoms in total. The summed E-state index contributed by atoms with van der Waals surface area (Å²) in [6.07, 6.45) is -0.442. The maximum absolute atomic E-state index is 10.2. The second-order valence-electron chi connectivity index (χ2n) is 6.02. The first-order valence-electron chi connectivity index (χ1n) is 8.22. The number of anilines is 1. The number of rotatable bonds is 7. The number of β-amino-alcohol motifs (C(OH)–C–C–N with tert-alkyl or cyclic N) is 1. The van der Waals surface area contributed by atoms with Crippen LogP contribution in [0.1, 0.15) is 4.88 Å². The number of piperazine rings is 1. The molecule has 1 fully saturated rings. The SMILES string of the molecule is O[C@H](COCc1cccs1)CN1CCN(c2cccc(Cl)c2)CC1. The van der Waals surface area contributed by atoms with Crippen LogP contribution in [0.15, 0.2) is 41.8 Å². The van der Waals surface area contributed by atoms with E-state index in [1.165, 1.54) is 10.6 Å². The summed E-state index contributed by atoms with van der Waals surface area (Å²) in [5.41, 5.74) is 1.17. The molecule has 0 saturated carbocycles. The monoisotopic (exact) mass is 366 g/mol. The average Bonchev–Trinajstić information content (AvgIpc) is 3.09. The lowest BCUT2D eigenvalue weighted by Crippen LogP contribution is -2.49. The van der Waals surface area contributed by atoms with Gasteiger partial charge in [0.25, 0.3) is 0 Å². The van der Waals surface area contributed by atoms with Crippen LogP contribution < -0.4 is 4.90 Å². The molecular weight excluding hydrogens is 344 g/mol.